The summed E-state index contributed by atoms with van der Waals surface area (Å²) in [7, 11) is 0. The normalized spacial score (nSPS) is 12.6. The van der Waals surface area contributed by atoms with E-state index < -0.39 is 0 Å². The number of benzene rings is 21. The van der Waals surface area contributed by atoms with Gasteiger partial charge in [-0.15, -0.1) is 0 Å². The molecular weight excluding hydrogens is 1630 g/mol. The van der Waals surface area contributed by atoms with E-state index in [-0.39, 0.29) is 5.41 Å². The van der Waals surface area contributed by atoms with E-state index >= 15 is 0 Å². The predicted molar refractivity (Wildman–Crippen MR) is 560 cm³/mol. The summed E-state index contributed by atoms with van der Waals surface area (Å²) in [6.45, 7) is 4.69. The number of para-hydroxylation sites is 6. The van der Waals surface area contributed by atoms with E-state index in [0.717, 1.165) is 106 Å². The fourth-order valence-electron chi connectivity index (χ4n) is 22.6. The molecule has 0 N–H and O–H groups in total. The number of fused-ring (bicyclic) bond motifs is 26. The van der Waals surface area contributed by atoms with Gasteiger partial charge in [0.1, 0.15) is 0 Å². The molecule has 1 aliphatic rings. The van der Waals surface area contributed by atoms with Crippen LogP contribution in [0.1, 0.15) is 25.0 Å². The third kappa shape index (κ3) is 11.4. The Bertz CT molecular complexity index is 9870. The Morgan fingerprint density at radius 2 is 0.537 bits per heavy atom. The van der Waals surface area contributed by atoms with E-state index in [1.54, 1.807) is 0 Å². The monoisotopic (exact) mass is 1710 g/mol. The van der Waals surface area contributed by atoms with Crippen molar-refractivity contribution in [1.82, 2.24) is 42.8 Å². The smallest absolute Gasteiger partial charge is 0.160 e. The summed E-state index contributed by atoms with van der Waals surface area (Å²) in [6, 6.07) is 161. The molecule has 7 heterocycles. The van der Waals surface area contributed by atoms with Gasteiger partial charge in [-0.3, -0.25) is 0 Å². The molecule has 21 aromatic carbocycles. The topological polar surface area (TPSA) is 76.2 Å². The maximum absolute atomic E-state index is 5.46. The van der Waals surface area contributed by atoms with Crippen LogP contribution in [0.5, 0.6) is 0 Å². The summed E-state index contributed by atoms with van der Waals surface area (Å²) in [6.07, 6.45) is 0. The molecule has 134 heavy (non-hydrogen) atoms. The van der Waals surface area contributed by atoms with Crippen LogP contribution < -0.4 is 0 Å². The molecule has 9 nitrogen and oxygen atoms in total. The molecule has 0 aliphatic heterocycles. The van der Waals surface area contributed by atoms with E-state index in [2.05, 4.69) is 480 Å². The van der Waals surface area contributed by atoms with Crippen LogP contribution in [0.4, 0.5) is 0 Å². The van der Waals surface area contributed by atoms with Crippen LogP contribution in [-0.2, 0) is 5.41 Å². The number of aromatic nitrogens is 9. The largest absolute Gasteiger partial charge is 0.309 e. The molecule has 0 spiro atoms. The van der Waals surface area contributed by atoms with Crippen molar-refractivity contribution in [2.45, 2.75) is 19.3 Å². The Balaban J connectivity index is 0.000000134. The molecule has 624 valence electrons. The molecule has 29 rings (SSSR count). The number of hydrogen-bond donors (Lipinski definition) is 0. The summed E-state index contributed by atoms with van der Waals surface area (Å²) < 4.78 is 12.1. The van der Waals surface area contributed by atoms with Crippen molar-refractivity contribution in [3.63, 3.8) is 0 Å². The molecule has 0 amide bonds. The number of rotatable bonds is 9. The van der Waals surface area contributed by atoms with Crippen molar-refractivity contribution >= 4 is 174 Å². The Morgan fingerprint density at radius 1 is 0.187 bits per heavy atom. The molecule has 1 aliphatic carbocycles. The van der Waals surface area contributed by atoms with Crippen LogP contribution in [0, 0.1) is 0 Å². The molecule has 0 radical (unpaired) electrons. The Labute approximate surface area is 769 Å². The quantitative estimate of drug-likeness (QED) is 0.144. The molecule has 0 fully saturated rings. The fraction of sp³-hybridized carbons (Fsp3) is 0.0240. The molecule has 0 saturated carbocycles. The lowest BCUT2D eigenvalue weighted by atomic mass is 9.79. The molecule has 0 saturated heterocycles. The highest BCUT2D eigenvalue weighted by Gasteiger charge is 2.38. The molecule has 0 unspecified atom stereocenters. The lowest BCUT2D eigenvalue weighted by Crippen LogP contribution is -2.16. The van der Waals surface area contributed by atoms with Crippen LogP contribution in [0.3, 0.4) is 0 Å². The number of hydrogen-bond acceptors (Lipinski definition) is 4. The standard InChI is InChI=1S/C64H39N5.C61H40N4/c1-2-17-45(18-3-1)67-56-24-12-9-20-49(56)53-37-44(29-34-58(53)67)63-51-21-8-11-23-55(51)65-64(66-63)41-26-30-46(31-27-41)68-60-38-43-16-5-4-15-42(43)36-54(60)50-33-32-47(39-61(50)68)69-57-25-13-10-22-52(57)62-48-19-7-6-14-40(48)28-35-59(62)69;1-61(2)51-23-10-7-18-44(51)46-21-13-22-49(58(46)61)59-47-19-8-11-24-52(47)62-60(63-59)38-26-29-41(30-27-38)64-55-35-40-16-4-3-15-39(40)34-50(55)45-32-31-42(36-56(45)64)65-53-25-12-9-20-48(53)57-43-17-6-5-14-37(43)28-33-54(57)65/h1-39H;3-36H,1-2H3. The number of nitrogens with zero attached hydrogens (tertiary/aromatic N) is 9. The zero-order valence-electron chi connectivity index (χ0n) is 73.2. The Morgan fingerprint density at radius 3 is 1.08 bits per heavy atom. The van der Waals surface area contributed by atoms with Gasteiger partial charge in [-0.25, -0.2) is 19.9 Å². The van der Waals surface area contributed by atoms with Gasteiger partial charge in [0.15, 0.2) is 11.6 Å². The first-order chi connectivity index (χ1) is 66.2. The predicted octanol–water partition coefficient (Wildman–Crippen LogP) is 32.3. The van der Waals surface area contributed by atoms with Gasteiger partial charge in [0.05, 0.1) is 77.6 Å². The van der Waals surface area contributed by atoms with Gasteiger partial charge in [0.25, 0.3) is 0 Å². The van der Waals surface area contributed by atoms with Crippen LogP contribution in [0.25, 0.3) is 259 Å². The van der Waals surface area contributed by atoms with Gasteiger partial charge < -0.3 is 22.8 Å². The van der Waals surface area contributed by atoms with Crippen LogP contribution in [-0.4, -0.2) is 42.8 Å². The molecule has 9 heteroatoms. The Hall–Kier alpha value is -17.7. The minimum Gasteiger partial charge on any atom is -0.309 e. The van der Waals surface area contributed by atoms with Crippen molar-refractivity contribution in [1.29, 1.82) is 0 Å². The lowest BCUT2D eigenvalue weighted by Gasteiger charge is -2.24. The van der Waals surface area contributed by atoms with Gasteiger partial charge in [0, 0.05) is 121 Å². The highest BCUT2D eigenvalue weighted by Crippen LogP contribution is 2.54. The molecule has 28 aromatic rings. The van der Waals surface area contributed by atoms with Crippen molar-refractivity contribution in [2.24, 2.45) is 0 Å². The third-order valence-electron chi connectivity index (χ3n) is 28.6. The van der Waals surface area contributed by atoms with Crippen molar-refractivity contribution in [3.05, 3.63) is 454 Å². The Kier molecular flexibility index (Phi) is 16.4. The van der Waals surface area contributed by atoms with E-state index in [9.17, 15) is 0 Å². The highest BCUT2D eigenvalue weighted by molar-refractivity contribution is 6.24. The molecule has 0 bridgehead atoms. The second-order valence-electron chi connectivity index (χ2n) is 36.3. The second kappa shape index (κ2) is 29.2. The first-order valence-corrected chi connectivity index (χ1v) is 46.1. The van der Waals surface area contributed by atoms with Gasteiger partial charge in [-0.2, -0.15) is 0 Å². The summed E-state index contributed by atoms with van der Waals surface area (Å²) in [4.78, 5) is 21.3. The minimum absolute atomic E-state index is 0.181. The van der Waals surface area contributed by atoms with E-state index in [1.165, 1.54) is 152 Å². The van der Waals surface area contributed by atoms with Gasteiger partial charge in [-0.05, 0) is 229 Å². The summed E-state index contributed by atoms with van der Waals surface area (Å²) in [5.41, 5.74) is 30.2. The molecule has 7 aromatic heterocycles. The van der Waals surface area contributed by atoms with Crippen molar-refractivity contribution in [2.75, 3.05) is 0 Å². The third-order valence-corrected chi connectivity index (χ3v) is 28.6. The van der Waals surface area contributed by atoms with Crippen LogP contribution >= 0.6 is 0 Å². The highest BCUT2D eigenvalue weighted by atomic mass is 15.0. The first kappa shape index (κ1) is 75.3. The lowest BCUT2D eigenvalue weighted by molar-refractivity contribution is 0.662. The van der Waals surface area contributed by atoms with Crippen molar-refractivity contribution < 1.29 is 0 Å². The summed E-state index contributed by atoms with van der Waals surface area (Å²) in [5.74, 6) is 1.40. The van der Waals surface area contributed by atoms with E-state index in [0.29, 0.717) is 11.6 Å². The maximum Gasteiger partial charge on any atom is 0.160 e. The van der Waals surface area contributed by atoms with E-state index in [1.807, 2.05) is 0 Å². The SMILES string of the molecule is CC1(C)c2ccccc2-c2cccc(-c3nc(-c4ccc(-n5c6cc(-n7c8ccccc8c8c9ccccc9ccc87)ccc6c6cc7ccccc7cc65)cc4)nc4ccccc34)c21.c1ccc(-n2c3ccccc3c3cc(-c4nc(-c5ccc(-n6c7cc(-n8c9ccccc9c9c%10ccccc%10ccc98)ccc7c7cc8ccccc8cc76)cc5)nc5ccccc45)ccc32)cc1. The average molecular weight is 1710 g/mol. The van der Waals surface area contributed by atoms with Crippen LogP contribution in [0.2, 0.25) is 0 Å². The van der Waals surface area contributed by atoms with E-state index in [4.69, 9.17) is 19.9 Å². The minimum atomic E-state index is -0.181. The summed E-state index contributed by atoms with van der Waals surface area (Å²) >= 11 is 0. The second-order valence-corrected chi connectivity index (χ2v) is 36.3. The zero-order valence-corrected chi connectivity index (χ0v) is 73.2. The van der Waals surface area contributed by atoms with Crippen LogP contribution in [0.15, 0.2) is 443 Å². The van der Waals surface area contributed by atoms with Gasteiger partial charge >= 0.3 is 0 Å². The van der Waals surface area contributed by atoms with Gasteiger partial charge in [-0.1, -0.05) is 293 Å². The first-order valence-electron chi connectivity index (χ1n) is 46.1. The molecule has 0 atom stereocenters. The fourth-order valence-corrected chi connectivity index (χ4v) is 22.6. The van der Waals surface area contributed by atoms with Crippen molar-refractivity contribution in [3.8, 4) is 84.9 Å². The maximum atomic E-state index is 5.46. The van der Waals surface area contributed by atoms with Gasteiger partial charge in [0.2, 0.25) is 0 Å². The molecular formula is C125H79N9. The zero-order chi connectivity index (χ0) is 88.1. The average Bonchev–Trinajstić information content (AvgIpc) is 1.55. The summed E-state index contributed by atoms with van der Waals surface area (Å²) in [5, 5.41) is 24.3.